The Morgan fingerprint density at radius 1 is 1.21 bits per heavy atom. The van der Waals surface area contributed by atoms with E-state index in [1.54, 1.807) is 20.3 Å². The van der Waals surface area contributed by atoms with Gasteiger partial charge in [0.25, 0.3) is 0 Å². The van der Waals surface area contributed by atoms with Gasteiger partial charge in [-0.1, -0.05) is 0 Å². The minimum absolute atomic E-state index is 0.176. The van der Waals surface area contributed by atoms with E-state index >= 15 is 0 Å². The van der Waals surface area contributed by atoms with Crippen LogP contribution in [-0.2, 0) is 11.2 Å². The third-order valence-corrected chi connectivity index (χ3v) is 2.89. The number of aryl methyl sites for hydroxylation is 1. The van der Waals surface area contributed by atoms with Gasteiger partial charge in [-0.25, -0.2) is 0 Å². The molecule has 1 amide bonds. The van der Waals surface area contributed by atoms with E-state index in [0.29, 0.717) is 11.5 Å². The molecule has 0 aliphatic heterocycles. The molecule has 2 aromatic rings. The Morgan fingerprint density at radius 2 is 1.84 bits per heavy atom. The molecule has 1 aromatic carbocycles. The number of nitrogens with zero attached hydrogens (tertiary/aromatic N) is 1. The summed E-state index contributed by atoms with van der Waals surface area (Å²) in [4.78, 5) is 15.6. The summed E-state index contributed by atoms with van der Waals surface area (Å²) in [5.74, 6) is 0.839. The molecule has 0 radical (unpaired) electrons. The molecule has 1 aromatic heterocycles. The average Bonchev–Trinajstić information content (AvgIpc) is 2.36. The van der Waals surface area contributed by atoms with E-state index in [4.69, 9.17) is 15.2 Å². The molecule has 0 aliphatic carbocycles. The summed E-state index contributed by atoms with van der Waals surface area (Å²) < 4.78 is 10.5. The molecule has 0 bridgehead atoms. The highest BCUT2D eigenvalue weighted by Crippen LogP contribution is 2.33. The summed E-state index contributed by atoms with van der Waals surface area (Å²) in [6, 6.07) is 5.48. The van der Waals surface area contributed by atoms with Crippen LogP contribution in [0.15, 0.2) is 18.2 Å². The number of hydrogen-bond acceptors (Lipinski definition) is 4. The molecule has 5 nitrogen and oxygen atoms in total. The summed E-state index contributed by atoms with van der Waals surface area (Å²) in [7, 11) is 3.14. The molecule has 0 saturated carbocycles. The van der Waals surface area contributed by atoms with Crippen molar-refractivity contribution < 1.29 is 14.3 Å². The first kappa shape index (κ1) is 13.1. The maximum atomic E-state index is 11.1. The van der Waals surface area contributed by atoms with Crippen LogP contribution in [-0.4, -0.2) is 25.1 Å². The van der Waals surface area contributed by atoms with Crippen LogP contribution < -0.4 is 15.2 Å². The van der Waals surface area contributed by atoms with Crippen molar-refractivity contribution in [2.45, 2.75) is 13.3 Å². The van der Waals surface area contributed by atoms with Gasteiger partial charge in [-0.2, -0.15) is 0 Å². The topological polar surface area (TPSA) is 74.4 Å². The molecule has 100 valence electrons. The van der Waals surface area contributed by atoms with Gasteiger partial charge in [0.2, 0.25) is 5.91 Å². The Morgan fingerprint density at radius 3 is 2.42 bits per heavy atom. The summed E-state index contributed by atoms with van der Waals surface area (Å²) in [5, 5.41) is 0.849. The predicted molar refractivity (Wildman–Crippen MR) is 72.5 cm³/mol. The van der Waals surface area contributed by atoms with Crippen LogP contribution in [0.2, 0.25) is 0 Å². The Labute approximate surface area is 111 Å². The van der Waals surface area contributed by atoms with Crippen molar-refractivity contribution in [3.63, 3.8) is 0 Å². The second kappa shape index (κ2) is 5.14. The van der Waals surface area contributed by atoms with Crippen molar-refractivity contribution >= 4 is 16.8 Å². The second-order valence-corrected chi connectivity index (χ2v) is 4.29. The third-order valence-electron chi connectivity index (χ3n) is 2.89. The summed E-state index contributed by atoms with van der Waals surface area (Å²) in [5.41, 5.74) is 7.71. The molecule has 0 spiro atoms. The van der Waals surface area contributed by atoms with Crippen LogP contribution in [0.25, 0.3) is 10.9 Å². The number of carbonyl (C=O) groups is 1. The number of hydrogen-bond donors (Lipinski definition) is 1. The van der Waals surface area contributed by atoms with Gasteiger partial charge in [-0.15, -0.1) is 0 Å². The Balaban J connectivity index is 2.71. The lowest BCUT2D eigenvalue weighted by Crippen LogP contribution is -2.14. The first-order valence-electron chi connectivity index (χ1n) is 5.85. The maximum absolute atomic E-state index is 11.1. The van der Waals surface area contributed by atoms with E-state index in [-0.39, 0.29) is 12.3 Å². The van der Waals surface area contributed by atoms with Gasteiger partial charge in [-0.3, -0.25) is 9.78 Å². The van der Waals surface area contributed by atoms with Crippen LogP contribution in [0.5, 0.6) is 11.5 Å². The molecule has 0 fully saturated rings. The van der Waals surface area contributed by atoms with Gasteiger partial charge >= 0.3 is 0 Å². The fourth-order valence-corrected chi connectivity index (χ4v) is 2.10. The fourth-order valence-electron chi connectivity index (χ4n) is 2.10. The molecule has 0 atom stereocenters. The van der Waals surface area contributed by atoms with Gasteiger partial charge in [0.15, 0.2) is 11.5 Å². The highest BCUT2D eigenvalue weighted by Gasteiger charge is 2.12. The van der Waals surface area contributed by atoms with E-state index in [0.717, 1.165) is 22.2 Å². The molecule has 0 aliphatic rings. The molecule has 0 unspecified atom stereocenters. The maximum Gasteiger partial charge on any atom is 0.221 e. The largest absolute Gasteiger partial charge is 0.493 e. The predicted octanol–water partition coefficient (Wildman–Crippen LogP) is 1.59. The van der Waals surface area contributed by atoms with Crippen LogP contribution >= 0.6 is 0 Å². The number of fused-ring (bicyclic) bond motifs is 1. The normalized spacial score (nSPS) is 10.5. The number of primary amides is 1. The van der Waals surface area contributed by atoms with E-state index < -0.39 is 0 Å². The minimum Gasteiger partial charge on any atom is -0.493 e. The SMILES string of the molecule is COc1cc2nc(C)cc(CC(N)=O)c2cc1OC. The van der Waals surface area contributed by atoms with Crippen molar-refractivity contribution in [1.82, 2.24) is 4.98 Å². The van der Waals surface area contributed by atoms with Crippen LogP contribution in [0.3, 0.4) is 0 Å². The van der Waals surface area contributed by atoms with Gasteiger partial charge in [0.1, 0.15) is 0 Å². The molecular formula is C14H16N2O3. The van der Waals surface area contributed by atoms with Crippen LogP contribution in [0.1, 0.15) is 11.3 Å². The van der Waals surface area contributed by atoms with E-state index in [9.17, 15) is 4.79 Å². The van der Waals surface area contributed by atoms with Crippen molar-refractivity contribution in [2.24, 2.45) is 5.73 Å². The monoisotopic (exact) mass is 260 g/mol. The number of amides is 1. The van der Waals surface area contributed by atoms with Crippen LogP contribution in [0, 0.1) is 6.92 Å². The Kier molecular flexibility index (Phi) is 3.55. The Hall–Kier alpha value is -2.30. The number of ether oxygens (including phenoxy) is 2. The van der Waals surface area contributed by atoms with Crippen molar-refractivity contribution in [3.05, 3.63) is 29.5 Å². The van der Waals surface area contributed by atoms with Gasteiger partial charge in [0.05, 0.1) is 26.2 Å². The highest BCUT2D eigenvalue weighted by atomic mass is 16.5. The molecule has 2 rings (SSSR count). The standard InChI is InChI=1S/C14H16N2O3/c1-8-4-9(5-14(15)17)10-6-12(18-2)13(19-3)7-11(10)16-8/h4,6-7H,5H2,1-3H3,(H2,15,17). The van der Waals surface area contributed by atoms with Crippen LogP contribution in [0.4, 0.5) is 0 Å². The lowest BCUT2D eigenvalue weighted by molar-refractivity contribution is -0.117. The zero-order valence-electron chi connectivity index (χ0n) is 11.2. The molecule has 5 heteroatoms. The number of nitrogens with two attached hydrogens (primary N) is 1. The molecule has 2 N–H and O–H groups in total. The quantitative estimate of drug-likeness (QED) is 0.905. The summed E-state index contributed by atoms with van der Waals surface area (Å²) in [6.07, 6.45) is 0.176. The minimum atomic E-state index is -0.373. The van der Waals surface area contributed by atoms with Crippen molar-refractivity contribution in [2.75, 3.05) is 14.2 Å². The molecular weight excluding hydrogens is 244 g/mol. The number of aromatic nitrogens is 1. The number of carbonyl (C=O) groups excluding carboxylic acids is 1. The summed E-state index contributed by atoms with van der Waals surface area (Å²) >= 11 is 0. The van der Waals surface area contributed by atoms with E-state index in [1.807, 2.05) is 19.1 Å². The smallest absolute Gasteiger partial charge is 0.221 e. The zero-order chi connectivity index (χ0) is 14.0. The zero-order valence-corrected chi connectivity index (χ0v) is 11.2. The number of rotatable bonds is 4. The van der Waals surface area contributed by atoms with Gasteiger partial charge < -0.3 is 15.2 Å². The summed E-state index contributed by atoms with van der Waals surface area (Å²) in [6.45, 7) is 1.88. The van der Waals surface area contributed by atoms with E-state index in [1.165, 1.54) is 0 Å². The number of methoxy groups -OCH3 is 2. The number of benzene rings is 1. The second-order valence-electron chi connectivity index (χ2n) is 4.29. The van der Waals surface area contributed by atoms with Crippen molar-refractivity contribution in [1.29, 1.82) is 0 Å². The Bertz CT molecular complexity index is 638. The number of pyridine rings is 1. The highest BCUT2D eigenvalue weighted by molar-refractivity contribution is 5.90. The van der Waals surface area contributed by atoms with Gasteiger partial charge in [-0.05, 0) is 24.6 Å². The van der Waals surface area contributed by atoms with E-state index in [2.05, 4.69) is 4.98 Å². The fraction of sp³-hybridized carbons (Fsp3) is 0.286. The van der Waals surface area contributed by atoms with Crippen molar-refractivity contribution in [3.8, 4) is 11.5 Å². The molecule has 19 heavy (non-hydrogen) atoms. The first-order valence-corrected chi connectivity index (χ1v) is 5.85. The lowest BCUT2D eigenvalue weighted by atomic mass is 10.0. The average molecular weight is 260 g/mol. The first-order chi connectivity index (χ1) is 9.05. The van der Waals surface area contributed by atoms with Gasteiger partial charge in [0, 0.05) is 17.1 Å². The third kappa shape index (κ3) is 2.59. The lowest BCUT2D eigenvalue weighted by Gasteiger charge is -2.11. The molecule has 0 saturated heterocycles. The molecule has 1 heterocycles.